The van der Waals surface area contributed by atoms with Gasteiger partial charge in [0.05, 0.1) is 24.4 Å². The molecule has 0 amide bonds. The van der Waals surface area contributed by atoms with E-state index in [-0.39, 0.29) is 0 Å². The van der Waals surface area contributed by atoms with Crippen molar-refractivity contribution in [3.63, 3.8) is 0 Å². The number of hydrogen-bond donors (Lipinski definition) is 0. The SMILES string of the molecule is COc1ccc(CCl)c(OCc2cc(C)nn2C)c1. The summed E-state index contributed by atoms with van der Waals surface area (Å²) >= 11 is 5.91. The lowest BCUT2D eigenvalue weighted by Gasteiger charge is -2.11. The molecule has 0 atom stereocenters. The van der Waals surface area contributed by atoms with Gasteiger partial charge in [-0.2, -0.15) is 5.10 Å². The number of benzene rings is 1. The molecule has 0 bridgehead atoms. The van der Waals surface area contributed by atoms with Crippen molar-refractivity contribution >= 4 is 11.6 Å². The zero-order valence-corrected chi connectivity index (χ0v) is 12.1. The summed E-state index contributed by atoms with van der Waals surface area (Å²) < 4.78 is 12.8. The Labute approximate surface area is 117 Å². The molecule has 102 valence electrons. The summed E-state index contributed by atoms with van der Waals surface area (Å²) in [5.74, 6) is 1.90. The third kappa shape index (κ3) is 3.20. The fraction of sp³-hybridized carbons (Fsp3) is 0.357. The summed E-state index contributed by atoms with van der Waals surface area (Å²) in [4.78, 5) is 0. The monoisotopic (exact) mass is 280 g/mol. The summed E-state index contributed by atoms with van der Waals surface area (Å²) in [5, 5.41) is 4.29. The fourth-order valence-corrected chi connectivity index (χ4v) is 2.08. The Morgan fingerprint density at radius 3 is 2.68 bits per heavy atom. The third-order valence-electron chi connectivity index (χ3n) is 2.89. The number of methoxy groups -OCH3 is 1. The molecule has 0 unspecified atom stereocenters. The highest BCUT2D eigenvalue weighted by Crippen LogP contribution is 2.26. The molecule has 0 aliphatic carbocycles. The van der Waals surface area contributed by atoms with Crippen LogP contribution in [0.3, 0.4) is 0 Å². The van der Waals surface area contributed by atoms with E-state index in [0.717, 1.165) is 28.5 Å². The third-order valence-corrected chi connectivity index (χ3v) is 3.18. The molecule has 0 saturated carbocycles. The highest BCUT2D eigenvalue weighted by molar-refractivity contribution is 6.17. The zero-order chi connectivity index (χ0) is 13.8. The first-order valence-corrected chi connectivity index (χ1v) is 6.52. The van der Waals surface area contributed by atoms with Gasteiger partial charge < -0.3 is 9.47 Å². The van der Waals surface area contributed by atoms with Gasteiger partial charge in [-0.3, -0.25) is 4.68 Å². The normalized spacial score (nSPS) is 10.5. The van der Waals surface area contributed by atoms with Crippen molar-refractivity contribution in [2.45, 2.75) is 19.4 Å². The van der Waals surface area contributed by atoms with Gasteiger partial charge in [0.2, 0.25) is 0 Å². The van der Waals surface area contributed by atoms with E-state index in [1.807, 2.05) is 42.9 Å². The molecule has 0 aliphatic heterocycles. The fourth-order valence-electron chi connectivity index (χ4n) is 1.86. The molecular weight excluding hydrogens is 264 g/mol. The predicted octanol–water partition coefficient (Wildman–Crippen LogP) is 3.05. The molecule has 0 aliphatic rings. The number of nitrogens with zero attached hydrogens (tertiary/aromatic N) is 2. The van der Waals surface area contributed by atoms with E-state index >= 15 is 0 Å². The molecule has 1 heterocycles. The van der Waals surface area contributed by atoms with Crippen LogP contribution in [-0.2, 0) is 19.5 Å². The highest BCUT2D eigenvalue weighted by Gasteiger charge is 2.08. The van der Waals surface area contributed by atoms with Crippen LogP contribution in [0.25, 0.3) is 0 Å². The van der Waals surface area contributed by atoms with Crippen LogP contribution in [-0.4, -0.2) is 16.9 Å². The van der Waals surface area contributed by atoms with Crippen molar-refractivity contribution in [3.8, 4) is 11.5 Å². The number of aryl methyl sites for hydroxylation is 2. The minimum Gasteiger partial charge on any atom is -0.497 e. The van der Waals surface area contributed by atoms with Crippen LogP contribution in [0.2, 0.25) is 0 Å². The maximum Gasteiger partial charge on any atom is 0.130 e. The van der Waals surface area contributed by atoms with Gasteiger partial charge in [0.25, 0.3) is 0 Å². The lowest BCUT2D eigenvalue weighted by molar-refractivity contribution is 0.290. The molecule has 1 aromatic carbocycles. The summed E-state index contributed by atoms with van der Waals surface area (Å²) in [5.41, 5.74) is 2.94. The molecule has 0 fully saturated rings. The zero-order valence-electron chi connectivity index (χ0n) is 11.3. The van der Waals surface area contributed by atoms with Crippen molar-refractivity contribution in [1.29, 1.82) is 0 Å². The second-order valence-electron chi connectivity index (χ2n) is 4.30. The molecule has 5 heteroatoms. The number of hydrogen-bond acceptors (Lipinski definition) is 3. The van der Waals surface area contributed by atoms with Crippen molar-refractivity contribution < 1.29 is 9.47 Å². The van der Waals surface area contributed by atoms with Gasteiger partial charge >= 0.3 is 0 Å². The molecular formula is C14H17ClN2O2. The highest BCUT2D eigenvalue weighted by atomic mass is 35.5. The standard InChI is InChI=1S/C14H17ClN2O2/c1-10-6-12(17(2)16-10)9-19-14-7-13(18-3)5-4-11(14)8-15/h4-7H,8-9H2,1-3H3. The number of ether oxygens (including phenoxy) is 2. The molecule has 0 N–H and O–H groups in total. The van der Waals surface area contributed by atoms with Gasteiger partial charge in [0.1, 0.15) is 18.1 Å². The van der Waals surface area contributed by atoms with Crippen LogP contribution in [0, 0.1) is 6.92 Å². The van der Waals surface area contributed by atoms with Crippen LogP contribution >= 0.6 is 11.6 Å². The summed E-state index contributed by atoms with van der Waals surface area (Å²) in [6.45, 7) is 2.41. The van der Waals surface area contributed by atoms with Gasteiger partial charge in [-0.05, 0) is 19.1 Å². The average molecular weight is 281 g/mol. The quantitative estimate of drug-likeness (QED) is 0.790. The molecule has 4 nitrogen and oxygen atoms in total. The van der Waals surface area contributed by atoms with E-state index in [1.165, 1.54) is 0 Å². The van der Waals surface area contributed by atoms with Crippen molar-refractivity contribution in [1.82, 2.24) is 9.78 Å². The second kappa shape index (κ2) is 5.97. The smallest absolute Gasteiger partial charge is 0.130 e. The van der Waals surface area contributed by atoms with Crippen LogP contribution in [0.15, 0.2) is 24.3 Å². The first-order chi connectivity index (χ1) is 9.13. The van der Waals surface area contributed by atoms with E-state index in [4.69, 9.17) is 21.1 Å². The topological polar surface area (TPSA) is 36.3 Å². The molecule has 0 radical (unpaired) electrons. The molecule has 19 heavy (non-hydrogen) atoms. The molecule has 2 aromatic rings. The Hall–Kier alpha value is -1.68. The summed E-state index contributed by atoms with van der Waals surface area (Å²) in [6.07, 6.45) is 0. The lowest BCUT2D eigenvalue weighted by Crippen LogP contribution is -2.04. The Morgan fingerprint density at radius 2 is 2.11 bits per heavy atom. The number of aromatic nitrogens is 2. The minimum atomic E-state index is 0.406. The van der Waals surface area contributed by atoms with Crippen LogP contribution < -0.4 is 9.47 Å². The maximum atomic E-state index is 5.91. The van der Waals surface area contributed by atoms with E-state index in [2.05, 4.69) is 5.10 Å². The van der Waals surface area contributed by atoms with E-state index in [9.17, 15) is 0 Å². The first-order valence-electron chi connectivity index (χ1n) is 5.99. The van der Waals surface area contributed by atoms with Crippen LogP contribution in [0.5, 0.6) is 11.5 Å². The summed E-state index contributed by atoms with van der Waals surface area (Å²) in [6, 6.07) is 7.63. The van der Waals surface area contributed by atoms with E-state index in [1.54, 1.807) is 7.11 Å². The Morgan fingerprint density at radius 1 is 1.32 bits per heavy atom. The molecule has 1 aromatic heterocycles. The number of alkyl halides is 1. The van der Waals surface area contributed by atoms with Gasteiger partial charge in [-0.15, -0.1) is 11.6 Å². The Bertz CT molecular complexity index is 567. The van der Waals surface area contributed by atoms with Crippen LogP contribution in [0.4, 0.5) is 0 Å². The predicted molar refractivity (Wildman–Crippen MR) is 74.8 cm³/mol. The lowest BCUT2D eigenvalue weighted by atomic mass is 10.2. The van der Waals surface area contributed by atoms with Crippen LogP contribution in [0.1, 0.15) is 17.0 Å². The Balaban J connectivity index is 2.16. The van der Waals surface area contributed by atoms with Crippen molar-refractivity contribution in [2.75, 3.05) is 7.11 Å². The molecule has 0 spiro atoms. The molecule has 0 saturated heterocycles. The van der Waals surface area contributed by atoms with E-state index in [0.29, 0.717) is 12.5 Å². The van der Waals surface area contributed by atoms with Crippen molar-refractivity contribution in [3.05, 3.63) is 41.2 Å². The van der Waals surface area contributed by atoms with Gasteiger partial charge in [-0.1, -0.05) is 6.07 Å². The maximum absolute atomic E-state index is 5.91. The van der Waals surface area contributed by atoms with Gasteiger partial charge in [-0.25, -0.2) is 0 Å². The number of halogens is 1. The Kier molecular flexibility index (Phi) is 4.32. The minimum absolute atomic E-state index is 0.406. The van der Waals surface area contributed by atoms with Gasteiger partial charge in [0.15, 0.2) is 0 Å². The molecule has 2 rings (SSSR count). The van der Waals surface area contributed by atoms with Gasteiger partial charge in [0, 0.05) is 18.7 Å². The number of rotatable bonds is 5. The first kappa shape index (κ1) is 13.7. The van der Waals surface area contributed by atoms with Crippen molar-refractivity contribution in [2.24, 2.45) is 7.05 Å². The second-order valence-corrected chi connectivity index (χ2v) is 4.56. The average Bonchev–Trinajstić information content (AvgIpc) is 2.74. The summed E-state index contributed by atoms with van der Waals surface area (Å²) in [7, 11) is 3.53. The largest absolute Gasteiger partial charge is 0.497 e. The van der Waals surface area contributed by atoms with E-state index < -0.39 is 0 Å².